The van der Waals surface area contributed by atoms with E-state index in [1.165, 1.54) is 0 Å². The van der Waals surface area contributed by atoms with Gasteiger partial charge in [-0.1, -0.05) is 36.4 Å². The Labute approximate surface area is 157 Å². The average molecular weight is 361 g/mol. The summed E-state index contributed by atoms with van der Waals surface area (Å²) in [6.45, 7) is 4.18. The fourth-order valence-electron chi connectivity index (χ4n) is 3.70. The third-order valence-electron chi connectivity index (χ3n) is 4.91. The zero-order valence-electron chi connectivity index (χ0n) is 14.7. The second-order valence-electron chi connectivity index (χ2n) is 6.49. The van der Waals surface area contributed by atoms with Crippen LogP contribution >= 0.6 is 0 Å². The van der Waals surface area contributed by atoms with E-state index in [4.69, 9.17) is 0 Å². The Morgan fingerprint density at radius 2 is 1.74 bits per heavy atom. The molecular formula is C21H19N3O3. The molecule has 2 aromatic carbocycles. The van der Waals surface area contributed by atoms with Crippen LogP contribution < -0.4 is 10.2 Å². The van der Waals surface area contributed by atoms with Crippen molar-refractivity contribution in [1.29, 1.82) is 0 Å². The molecule has 3 amide bonds. The number of hydrogen-bond acceptors (Lipinski definition) is 3. The highest BCUT2D eigenvalue weighted by Crippen LogP contribution is 2.44. The molecule has 0 aliphatic carbocycles. The molecule has 2 heterocycles. The first-order valence-corrected chi connectivity index (χ1v) is 8.83. The van der Waals surface area contributed by atoms with Gasteiger partial charge in [0, 0.05) is 30.6 Å². The maximum Gasteiger partial charge on any atom is 0.260 e. The van der Waals surface area contributed by atoms with Crippen molar-refractivity contribution in [3.8, 4) is 0 Å². The highest BCUT2D eigenvalue weighted by molar-refractivity contribution is 6.16. The van der Waals surface area contributed by atoms with Crippen LogP contribution in [0.25, 0.3) is 0 Å². The first kappa shape index (κ1) is 17.0. The number of hydrogen-bond donors (Lipinski definition) is 1. The van der Waals surface area contributed by atoms with Gasteiger partial charge in [-0.15, -0.1) is 6.58 Å². The number of nitrogens with zero attached hydrogens (tertiary/aromatic N) is 2. The molecule has 6 heteroatoms. The minimum atomic E-state index is -0.525. The van der Waals surface area contributed by atoms with Gasteiger partial charge in [0.2, 0.25) is 5.91 Å². The molecule has 2 aliphatic rings. The first-order chi connectivity index (χ1) is 13.1. The lowest BCUT2D eigenvalue weighted by molar-refractivity contribution is -0.121. The zero-order chi connectivity index (χ0) is 19.0. The van der Waals surface area contributed by atoms with E-state index >= 15 is 0 Å². The molecule has 0 unspecified atom stereocenters. The predicted molar refractivity (Wildman–Crippen MR) is 101 cm³/mol. The van der Waals surface area contributed by atoms with E-state index in [9.17, 15) is 14.4 Å². The summed E-state index contributed by atoms with van der Waals surface area (Å²) in [4.78, 5) is 41.5. The van der Waals surface area contributed by atoms with Crippen LogP contribution in [0.4, 0.5) is 5.69 Å². The van der Waals surface area contributed by atoms with Crippen LogP contribution in [-0.4, -0.2) is 35.7 Å². The highest BCUT2D eigenvalue weighted by atomic mass is 16.2. The number of nitrogens with one attached hydrogen (secondary N) is 1. The molecule has 0 aromatic heterocycles. The molecule has 0 saturated heterocycles. The molecule has 4 rings (SSSR count). The van der Waals surface area contributed by atoms with Gasteiger partial charge in [-0.2, -0.15) is 0 Å². The average Bonchev–Trinajstić information content (AvgIpc) is 2.99. The van der Waals surface area contributed by atoms with Crippen LogP contribution in [0, 0.1) is 0 Å². The Morgan fingerprint density at radius 1 is 1.04 bits per heavy atom. The second-order valence-corrected chi connectivity index (χ2v) is 6.49. The molecule has 0 radical (unpaired) electrons. The number of benzene rings is 2. The van der Waals surface area contributed by atoms with Crippen LogP contribution in [0.1, 0.15) is 38.9 Å². The molecule has 2 aromatic rings. The van der Waals surface area contributed by atoms with Gasteiger partial charge < -0.3 is 10.2 Å². The largest absolute Gasteiger partial charge is 0.353 e. The van der Waals surface area contributed by atoms with Gasteiger partial charge in [0.05, 0.1) is 11.3 Å². The van der Waals surface area contributed by atoms with E-state index in [1.807, 2.05) is 24.3 Å². The summed E-state index contributed by atoms with van der Waals surface area (Å²) in [5.41, 5.74) is 2.47. The topological polar surface area (TPSA) is 69.7 Å². The standard InChI is InChI=1S/C21H19N3O3/c1-2-12-22-18(25)11-13-23-19-14-7-3-4-8-15(14)21(27)24(19)17-10-6-5-9-16(17)20(23)26/h2-10,19H,1,11-13H2,(H,22,25)/t19-/m0/s1. The highest BCUT2D eigenvalue weighted by Gasteiger charge is 2.47. The van der Waals surface area contributed by atoms with Crippen molar-refractivity contribution in [3.63, 3.8) is 0 Å². The first-order valence-electron chi connectivity index (χ1n) is 8.83. The second kappa shape index (κ2) is 6.72. The lowest BCUT2D eigenvalue weighted by Crippen LogP contribution is -2.49. The monoisotopic (exact) mass is 361 g/mol. The van der Waals surface area contributed by atoms with Gasteiger partial charge >= 0.3 is 0 Å². The van der Waals surface area contributed by atoms with Gasteiger partial charge in [0.1, 0.15) is 6.17 Å². The normalized spacial score (nSPS) is 17.3. The van der Waals surface area contributed by atoms with Gasteiger partial charge in [-0.25, -0.2) is 0 Å². The van der Waals surface area contributed by atoms with Crippen molar-refractivity contribution in [2.24, 2.45) is 0 Å². The fraction of sp³-hybridized carbons (Fsp3) is 0.190. The minimum Gasteiger partial charge on any atom is -0.353 e. The molecule has 136 valence electrons. The van der Waals surface area contributed by atoms with Gasteiger partial charge in [0.25, 0.3) is 11.8 Å². The predicted octanol–water partition coefficient (Wildman–Crippen LogP) is 2.49. The van der Waals surface area contributed by atoms with Crippen molar-refractivity contribution < 1.29 is 14.4 Å². The van der Waals surface area contributed by atoms with Crippen molar-refractivity contribution in [3.05, 3.63) is 77.9 Å². The minimum absolute atomic E-state index is 0.128. The molecular weight excluding hydrogens is 342 g/mol. The SMILES string of the molecule is C=CCNC(=O)CCN1C(=O)c2ccccc2N2C(=O)c3ccccc3[C@@H]12. The number of para-hydroxylation sites is 1. The summed E-state index contributed by atoms with van der Waals surface area (Å²) in [6.07, 6.45) is 1.24. The molecule has 1 atom stereocenters. The van der Waals surface area contributed by atoms with Gasteiger partial charge in [0.15, 0.2) is 0 Å². The number of anilines is 1. The van der Waals surface area contributed by atoms with Crippen LogP contribution in [0.15, 0.2) is 61.2 Å². The quantitative estimate of drug-likeness (QED) is 0.832. The summed E-state index contributed by atoms with van der Waals surface area (Å²) in [6, 6.07) is 14.4. The fourth-order valence-corrected chi connectivity index (χ4v) is 3.70. The summed E-state index contributed by atoms with van der Waals surface area (Å²) in [5, 5.41) is 2.72. The Bertz CT molecular complexity index is 953. The summed E-state index contributed by atoms with van der Waals surface area (Å²) in [5.74, 6) is -0.463. The number of fused-ring (bicyclic) bond motifs is 5. The molecule has 1 N–H and O–H groups in total. The molecule has 2 aliphatic heterocycles. The van der Waals surface area contributed by atoms with Crippen molar-refractivity contribution in [2.75, 3.05) is 18.0 Å². The van der Waals surface area contributed by atoms with E-state index in [-0.39, 0.29) is 30.7 Å². The zero-order valence-corrected chi connectivity index (χ0v) is 14.7. The molecule has 0 bridgehead atoms. The lowest BCUT2D eigenvalue weighted by atomic mass is 10.0. The van der Waals surface area contributed by atoms with E-state index in [1.54, 1.807) is 40.1 Å². The molecule has 0 spiro atoms. The third kappa shape index (κ3) is 2.70. The van der Waals surface area contributed by atoms with Crippen LogP contribution in [0.2, 0.25) is 0 Å². The maximum absolute atomic E-state index is 13.1. The molecule has 0 fully saturated rings. The smallest absolute Gasteiger partial charge is 0.260 e. The maximum atomic E-state index is 13.1. The van der Waals surface area contributed by atoms with Gasteiger partial charge in [-0.05, 0) is 18.2 Å². The lowest BCUT2D eigenvalue weighted by Gasteiger charge is -2.40. The van der Waals surface area contributed by atoms with Crippen LogP contribution in [0.5, 0.6) is 0 Å². The van der Waals surface area contributed by atoms with E-state index in [0.29, 0.717) is 23.4 Å². The van der Waals surface area contributed by atoms with Gasteiger partial charge in [-0.3, -0.25) is 19.3 Å². The van der Waals surface area contributed by atoms with Crippen LogP contribution in [0.3, 0.4) is 0 Å². The number of amides is 3. The summed E-state index contributed by atoms with van der Waals surface area (Å²) in [7, 11) is 0. The number of carbonyl (C=O) groups is 3. The van der Waals surface area contributed by atoms with E-state index in [0.717, 1.165) is 5.56 Å². The molecule has 27 heavy (non-hydrogen) atoms. The Morgan fingerprint density at radius 3 is 2.52 bits per heavy atom. The summed E-state index contributed by atoms with van der Waals surface area (Å²) >= 11 is 0. The number of rotatable bonds is 5. The van der Waals surface area contributed by atoms with Crippen molar-refractivity contribution in [2.45, 2.75) is 12.6 Å². The third-order valence-corrected chi connectivity index (χ3v) is 4.91. The van der Waals surface area contributed by atoms with Crippen LogP contribution in [-0.2, 0) is 4.79 Å². The summed E-state index contributed by atoms with van der Waals surface area (Å²) < 4.78 is 0. The molecule has 6 nitrogen and oxygen atoms in total. The Balaban J connectivity index is 1.73. The van der Waals surface area contributed by atoms with Crippen molar-refractivity contribution in [1.82, 2.24) is 10.2 Å². The Kier molecular flexibility index (Phi) is 4.24. The molecule has 0 saturated carbocycles. The van der Waals surface area contributed by atoms with E-state index < -0.39 is 6.17 Å². The number of carbonyl (C=O) groups excluding carboxylic acids is 3. The van der Waals surface area contributed by atoms with E-state index in [2.05, 4.69) is 11.9 Å². The van der Waals surface area contributed by atoms with Crippen molar-refractivity contribution >= 4 is 23.4 Å². The Hall–Kier alpha value is -3.41.